The summed E-state index contributed by atoms with van der Waals surface area (Å²) in [5.41, 5.74) is -0.747. The molecule has 18 heavy (non-hydrogen) atoms. The van der Waals surface area contributed by atoms with Crippen LogP contribution in [0.1, 0.15) is 39.3 Å². The summed E-state index contributed by atoms with van der Waals surface area (Å²) < 4.78 is 27.8. The highest BCUT2D eigenvalue weighted by molar-refractivity contribution is 6.30. The summed E-state index contributed by atoms with van der Waals surface area (Å²) in [6.07, 6.45) is 0. The van der Waals surface area contributed by atoms with Gasteiger partial charge in [-0.25, -0.2) is 8.78 Å². The fourth-order valence-corrected chi connectivity index (χ4v) is 1.90. The van der Waals surface area contributed by atoms with Gasteiger partial charge >= 0.3 is 0 Å². The molecular weight excluding hydrogens is 260 g/mol. The van der Waals surface area contributed by atoms with E-state index in [1.165, 1.54) is 6.92 Å². The minimum Gasteiger partial charge on any atom is -0.349 e. The lowest BCUT2D eigenvalue weighted by Crippen LogP contribution is -2.36. The Morgan fingerprint density at radius 2 is 1.89 bits per heavy atom. The van der Waals surface area contributed by atoms with Gasteiger partial charge in [-0.1, -0.05) is 32.4 Å². The Morgan fingerprint density at radius 1 is 1.33 bits per heavy atom. The number of amides is 1. The van der Waals surface area contributed by atoms with E-state index in [1.807, 2.05) is 0 Å². The lowest BCUT2D eigenvalue weighted by Gasteiger charge is -2.32. The zero-order valence-electron chi connectivity index (χ0n) is 10.8. The van der Waals surface area contributed by atoms with E-state index in [-0.39, 0.29) is 16.5 Å². The summed E-state index contributed by atoms with van der Waals surface area (Å²) >= 11 is 5.66. The molecule has 0 radical (unpaired) electrons. The fraction of sp³-hybridized carbons (Fsp3) is 0.462. The smallest absolute Gasteiger partial charge is 0.217 e. The van der Waals surface area contributed by atoms with Crippen molar-refractivity contribution in [3.05, 3.63) is 34.4 Å². The van der Waals surface area contributed by atoms with Crippen LogP contribution in [0.3, 0.4) is 0 Å². The number of halogens is 3. The third kappa shape index (κ3) is 3.19. The average Bonchev–Trinajstić information content (AvgIpc) is 2.21. The molecule has 1 rings (SSSR count). The van der Waals surface area contributed by atoms with E-state index >= 15 is 0 Å². The fourth-order valence-electron chi connectivity index (χ4n) is 1.73. The minimum atomic E-state index is -0.828. The first-order chi connectivity index (χ1) is 8.14. The summed E-state index contributed by atoms with van der Waals surface area (Å²) in [4.78, 5) is 11.2. The Bertz CT molecular complexity index is 469. The Morgan fingerprint density at radius 3 is 2.33 bits per heavy atom. The molecule has 1 aromatic rings. The molecule has 1 atom stereocenters. The van der Waals surface area contributed by atoms with E-state index in [9.17, 15) is 13.6 Å². The van der Waals surface area contributed by atoms with Crippen LogP contribution in [0.2, 0.25) is 5.02 Å². The van der Waals surface area contributed by atoms with Crippen LogP contribution in [0.4, 0.5) is 8.78 Å². The Hall–Kier alpha value is -1.16. The second kappa shape index (κ2) is 5.22. The van der Waals surface area contributed by atoms with Crippen molar-refractivity contribution in [2.45, 2.75) is 33.7 Å². The van der Waals surface area contributed by atoms with Crippen molar-refractivity contribution in [1.29, 1.82) is 0 Å². The number of carbonyl (C=O) groups is 1. The predicted molar refractivity (Wildman–Crippen MR) is 67.4 cm³/mol. The van der Waals surface area contributed by atoms with E-state index in [2.05, 4.69) is 5.32 Å². The number of hydrogen-bond donors (Lipinski definition) is 1. The molecule has 0 saturated carbocycles. The quantitative estimate of drug-likeness (QED) is 0.817. The number of rotatable bonds is 2. The van der Waals surface area contributed by atoms with Crippen LogP contribution in [0.25, 0.3) is 0 Å². The van der Waals surface area contributed by atoms with Gasteiger partial charge in [0.2, 0.25) is 5.91 Å². The molecule has 0 aromatic heterocycles. The van der Waals surface area contributed by atoms with Crippen molar-refractivity contribution in [2.75, 3.05) is 0 Å². The van der Waals surface area contributed by atoms with Crippen LogP contribution >= 0.6 is 11.6 Å². The molecule has 100 valence electrons. The van der Waals surface area contributed by atoms with Crippen LogP contribution < -0.4 is 5.32 Å². The molecule has 0 aliphatic carbocycles. The van der Waals surface area contributed by atoms with Gasteiger partial charge in [0, 0.05) is 12.5 Å². The summed E-state index contributed by atoms with van der Waals surface area (Å²) in [7, 11) is 0. The van der Waals surface area contributed by atoms with Gasteiger partial charge < -0.3 is 5.32 Å². The van der Waals surface area contributed by atoms with Crippen molar-refractivity contribution in [3.8, 4) is 0 Å². The summed E-state index contributed by atoms with van der Waals surface area (Å²) in [5, 5.41) is 2.41. The van der Waals surface area contributed by atoms with Crippen LogP contribution in [0.15, 0.2) is 12.1 Å². The SMILES string of the molecule is CC(=O)N[C@H](c1c(F)ccc(Cl)c1F)C(C)(C)C. The second-order valence-electron chi connectivity index (χ2n) is 5.26. The third-order valence-electron chi connectivity index (χ3n) is 2.58. The zero-order valence-corrected chi connectivity index (χ0v) is 11.5. The van der Waals surface area contributed by atoms with Gasteiger partial charge in [-0.3, -0.25) is 4.79 Å². The van der Waals surface area contributed by atoms with Gasteiger partial charge in [0.25, 0.3) is 0 Å². The average molecular weight is 276 g/mol. The molecule has 0 spiro atoms. The van der Waals surface area contributed by atoms with Crippen LogP contribution in [0.5, 0.6) is 0 Å². The molecule has 0 saturated heterocycles. The number of hydrogen-bond acceptors (Lipinski definition) is 1. The Kier molecular flexibility index (Phi) is 4.32. The number of benzene rings is 1. The first kappa shape index (κ1) is 14.9. The maximum atomic E-state index is 14.0. The number of nitrogens with one attached hydrogen (secondary N) is 1. The van der Waals surface area contributed by atoms with Crippen molar-refractivity contribution in [2.24, 2.45) is 5.41 Å². The Balaban J connectivity index is 3.38. The van der Waals surface area contributed by atoms with Crippen LogP contribution in [-0.4, -0.2) is 5.91 Å². The van der Waals surface area contributed by atoms with Gasteiger partial charge in [-0.2, -0.15) is 0 Å². The molecule has 0 aliphatic heterocycles. The lowest BCUT2D eigenvalue weighted by atomic mass is 9.82. The van der Waals surface area contributed by atoms with Crippen LogP contribution in [-0.2, 0) is 4.79 Å². The third-order valence-corrected chi connectivity index (χ3v) is 2.87. The highest BCUT2D eigenvalue weighted by Crippen LogP contribution is 2.37. The van der Waals surface area contributed by atoms with E-state index in [4.69, 9.17) is 11.6 Å². The van der Waals surface area contributed by atoms with Crippen LogP contribution in [0, 0.1) is 17.0 Å². The monoisotopic (exact) mass is 275 g/mol. The molecule has 1 aromatic carbocycles. The second-order valence-corrected chi connectivity index (χ2v) is 5.66. The standard InChI is InChI=1S/C13H16ClF2NO/c1-7(18)17-12(13(2,3)4)10-9(15)6-5-8(14)11(10)16/h5-6,12H,1-4H3,(H,17,18)/t12-/m1/s1. The minimum absolute atomic E-state index is 0.161. The lowest BCUT2D eigenvalue weighted by molar-refractivity contribution is -0.120. The highest BCUT2D eigenvalue weighted by atomic mass is 35.5. The first-order valence-corrected chi connectivity index (χ1v) is 5.93. The van der Waals surface area contributed by atoms with Gasteiger partial charge in [-0.15, -0.1) is 0 Å². The largest absolute Gasteiger partial charge is 0.349 e. The first-order valence-electron chi connectivity index (χ1n) is 5.55. The Labute approximate surface area is 110 Å². The molecule has 0 aliphatic rings. The molecule has 0 bridgehead atoms. The molecule has 2 nitrogen and oxygen atoms in total. The highest BCUT2D eigenvalue weighted by Gasteiger charge is 2.32. The van der Waals surface area contributed by atoms with Gasteiger partial charge in [-0.05, 0) is 17.5 Å². The summed E-state index contributed by atoms with van der Waals surface area (Å²) in [5.74, 6) is -1.90. The molecule has 0 fully saturated rings. The van der Waals surface area contributed by atoms with E-state index < -0.39 is 23.1 Å². The molecule has 1 N–H and O–H groups in total. The normalized spacial score (nSPS) is 13.3. The van der Waals surface area contributed by atoms with Gasteiger partial charge in [0.1, 0.15) is 11.6 Å². The van der Waals surface area contributed by atoms with Gasteiger partial charge in [0.15, 0.2) is 0 Å². The maximum Gasteiger partial charge on any atom is 0.217 e. The topological polar surface area (TPSA) is 29.1 Å². The van der Waals surface area contributed by atoms with Crippen molar-refractivity contribution in [3.63, 3.8) is 0 Å². The van der Waals surface area contributed by atoms with Gasteiger partial charge in [0.05, 0.1) is 11.1 Å². The van der Waals surface area contributed by atoms with E-state index in [1.54, 1.807) is 20.8 Å². The van der Waals surface area contributed by atoms with Crippen molar-refractivity contribution in [1.82, 2.24) is 5.32 Å². The molecule has 1 amide bonds. The molecular formula is C13H16ClF2NO. The zero-order chi connectivity index (χ0) is 14.1. The van der Waals surface area contributed by atoms with E-state index in [0.29, 0.717) is 0 Å². The summed E-state index contributed by atoms with van der Waals surface area (Å²) in [6.45, 7) is 6.66. The summed E-state index contributed by atoms with van der Waals surface area (Å²) in [6, 6.07) is 1.47. The van der Waals surface area contributed by atoms with E-state index in [0.717, 1.165) is 12.1 Å². The van der Waals surface area contributed by atoms with Crippen molar-refractivity contribution >= 4 is 17.5 Å². The maximum absolute atomic E-state index is 14.0. The molecule has 0 heterocycles. The predicted octanol–water partition coefficient (Wildman–Crippen LogP) is 3.84. The van der Waals surface area contributed by atoms with Crippen molar-refractivity contribution < 1.29 is 13.6 Å². The number of carbonyl (C=O) groups excluding carboxylic acids is 1. The molecule has 0 unspecified atom stereocenters. The molecule has 5 heteroatoms.